The van der Waals surface area contributed by atoms with Crippen LogP contribution in [0.15, 0.2) is 12.2 Å². The zero-order valence-corrected chi connectivity index (χ0v) is 13.4. The van der Waals surface area contributed by atoms with E-state index in [1.54, 1.807) is 0 Å². The van der Waals surface area contributed by atoms with Crippen molar-refractivity contribution in [1.29, 1.82) is 0 Å². The monoisotopic (exact) mass is 272 g/mol. The van der Waals surface area contributed by atoms with Gasteiger partial charge in [-0.3, -0.25) is 0 Å². The molecule has 0 aromatic rings. The first-order valence-electron chi connectivity index (χ1n) is 6.83. The van der Waals surface area contributed by atoms with Gasteiger partial charge in [-0.05, 0) is 31.0 Å². The molecule has 1 heterocycles. The maximum atomic E-state index is 9.58. The topological polar surface area (TPSA) is 42.0 Å². The Balaban J connectivity index is 2.12. The van der Waals surface area contributed by atoms with Crippen LogP contribution in [-0.4, -0.2) is 38.8 Å². The van der Waals surface area contributed by atoms with E-state index in [0.717, 1.165) is 13.0 Å². The van der Waals surface area contributed by atoms with E-state index >= 15 is 0 Å². The minimum Gasteiger partial charge on any atom is -0.417 e. The van der Waals surface area contributed by atoms with Gasteiger partial charge in [0.25, 0.3) is 0 Å². The summed E-state index contributed by atoms with van der Waals surface area (Å²) >= 11 is 0. The molecule has 0 aromatic carbocycles. The third-order valence-electron chi connectivity index (χ3n) is 3.89. The summed E-state index contributed by atoms with van der Waals surface area (Å²) in [6.07, 6.45) is 5.48. The Kier molecular flexibility index (Phi) is 5.59. The molecule has 0 amide bonds. The normalized spacial score (nSPS) is 22.4. The summed E-state index contributed by atoms with van der Waals surface area (Å²) in [5.41, 5.74) is 0. The van der Waals surface area contributed by atoms with Gasteiger partial charge in [-0.1, -0.05) is 32.9 Å². The zero-order chi connectivity index (χ0) is 13.8. The van der Waals surface area contributed by atoms with Crippen LogP contribution in [0, 0.1) is 0 Å². The molecule has 3 nitrogen and oxygen atoms in total. The minimum absolute atomic E-state index is 0.0816. The van der Waals surface area contributed by atoms with E-state index < -0.39 is 8.32 Å². The largest absolute Gasteiger partial charge is 0.417 e. The summed E-state index contributed by atoms with van der Waals surface area (Å²) in [7, 11) is -1.60. The molecule has 1 fully saturated rings. The second-order valence-corrected chi connectivity index (χ2v) is 11.4. The van der Waals surface area contributed by atoms with E-state index in [9.17, 15) is 5.11 Å². The number of hydrogen-bond donors (Lipinski definition) is 1. The zero-order valence-electron chi connectivity index (χ0n) is 12.4. The van der Waals surface area contributed by atoms with Crippen molar-refractivity contribution in [3.05, 3.63) is 12.2 Å². The first-order chi connectivity index (χ1) is 8.24. The Hall–Kier alpha value is -0.163. The van der Waals surface area contributed by atoms with Crippen molar-refractivity contribution < 1.29 is 14.3 Å². The van der Waals surface area contributed by atoms with E-state index in [1.165, 1.54) is 0 Å². The van der Waals surface area contributed by atoms with Crippen LogP contribution in [0.2, 0.25) is 18.1 Å². The molecule has 4 heteroatoms. The minimum atomic E-state index is -1.60. The number of rotatable bonds is 7. The smallest absolute Gasteiger partial charge is 0.191 e. The fourth-order valence-corrected chi connectivity index (χ4v) is 2.44. The van der Waals surface area contributed by atoms with Gasteiger partial charge in [-0.15, -0.1) is 0 Å². The quantitative estimate of drug-likeness (QED) is 0.335. The van der Waals surface area contributed by atoms with Crippen molar-refractivity contribution >= 4 is 8.32 Å². The maximum Gasteiger partial charge on any atom is 0.191 e. The Morgan fingerprint density at radius 2 is 2.00 bits per heavy atom. The molecule has 1 N–H and O–H groups in total. The summed E-state index contributed by atoms with van der Waals surface area (Å²) in [5.74, 6) is 0. The Morgan fingerprint density at radius 1 is 1.39 bits per heavy atom. The lowest BCUT2D eigenvalue weighted by Crippen LogP contribution is -2.40. The molecule has 1 aliphatic rings. The van der Waals surface area contributed by atoms with Crippen LogP contribution >= 0.6 is 0 Å². The molecule has 2 atom stereocenters. The van der Waals surface area contributed by atoms with Gasteiger partial charge in [-0.25, -0.2) is 0 Å². The second kappa shape index (κ2) is 6.33. The van der Waals surface area contributed by atoms with E-state index in [4.69, 9.17) is 9.16 Å². The fraction of sp³-hybridized carbons (Fsp3) is 0.857. The average Bonchev–Trinajstić information content (AvgIpc) is 3.04. The van der Waals surface area contributed by atoms with Gasteiger partial charge in [0.05, 0.1) is 12.7 Å². The molecular formula is C14H28O3Si. The van der Waals surface area contributed by atoms with Crippen molar-refractivity contribution in [3.8, 4) is 0 Å². The number of ether oxygens (including phenoxy) is 1. The first-order valence-corrected chi connectivity index (χ1v) is 9.73. The molecule has 0 bridgehead atoms. The predicted molar refractivity (Wildman–Crippen MR) is 77.3 cm³/mol. The fourth-order valence-electron chi connectivity index (χ4n) is 1.38. The SMILES string of the molecule is CC(C)(C)[Si](C)(C)OCC/C=C/C[C@H](O)[C@@H]1CO1. The molecule has 1 aliphatic heterocycles. The lowest BCUT2D eigenvalue weighted by atomic mass is 10.2. The molecule has 0 saturated carbocycles. The summed E-state index contributed by atoms with van der Waals surface area (Å²) < 4.78 is 11.1. The van der Waals surface area contributed by atoms with Gasteiger partial charge in [0.1, 0.15) is 6.10 Å². The Labute approximate surface area is 112 Å². The van der Waals surface area contributed by atoms with Gasteiger partial charge in [0.2, 0.25) is 0 Å². The van der Waals surface area contributed by atoms with E-state index in [2.05, 4.69) is 39.9 Å². The number of aliphatic hydroxyl groups excluding tert-OH is 1. The van der Waals surface area contributed by atoms with Gasteiger partial charge in [0.15, 0.2) is 8.32 Å². The molecule has 0 spiro atoms. The summed E-state index contributed by atoms with van der Waals surface area (Å²) in [5, 5.41) is 9.85. The molecule has 0 aromatic heterocycles. The first kappa shape index (κ1) is 15.9. The third kappa shape index (κ3) is 5.22. The second-order valence-electron chi connectivity index (χ2n) is 6.54. The molecule has 18 heavy (non-hydrogen) atoms. The molecular weight excluding hydrogens is 244 g/mol. The average molecular weight is 272 g/mol. The van der Waals surface area contributed by atoms with E-state index in [1.807, 2.05) is 6.08 Å². The van der Waals surface area contributed by atoms with Crippen molar-refractivity contribution in [1.82, 2.24) is 0 Å². The highest BCUT2D eigenvalue weighted by molar-refractivity contribution is 6.74. The molecule has 106 valence electrons. The van der Waals surface area contributed by atoms with Crippen LogP contribution in [-0.2, 0) is 9.16 Å². The van der Waals surface area contributed by atoms with Gasteiger partial charge >= 0.3 is 0 Å². The lowest BCUT2D eigenvalue weighted by molar-refractivity contribution is 0.138. The summed E-state index contributed by atoms with van der Waals surface area (Å²) in [6, 6.07) is 0. The van der Waals surface area contributed by atoms with Crippen molar-refractivity contribution in [3.63, 3.8) is 0 Å². The number of aliphatic hydroxyl groups is 1. The van der Waals surface area contributed by atoms with E-state index in [0.29, 0.717) is 13.0 Å². The van der Waals surface area contributed by atoms with Gasteiger partial charge in [-0.2, -0.15) is 0 Å². The van der Waals surface area contributed by atoms with Crippen molar-refractivity contribution in [2.75, 3.05) is 13.2 Å². The van der Waals surface area contributed by atoms with Crippen LogP contribution in [0.25, 0.3) is 0 Å². The highest BCUT2D eigenvalue weighted by atomic mass is 28.4. The molecule has 0 radical (unpaired) electrons. The molecule has 0 unspecified atom stereocenters. The maximum absolute atomic E-state index is 9.58. The Bertz CT molecular complexity index is 277. The van der Waals surface area contributed by atoms with Crippen LogP contribution in [0.1, 0.15) is 33.6 Å². The highest BCUT2D eigenvalue weighted by Gasteiger charge is 2.36. The standard InChI is InChI=1S/C14H28O3Si/c1-14(2,3)18(4,5)17-10-8-6-7-9-12(15)13-11-16-13/h6-7,12-13,15H,8-11H2,1-5H3/b7-6+/t12-,13-/m0/s1. The van der Waals surface area contributed by atoms with Crippen LogP contribution in [0.4, 0.5) is 0 Å². The number of epoxide rings is 1. The third-order valence-corrected chi connectivity index (χ3v) is 8.42. The van der Waals surface area contributed by atoms with Crippen LogP contribution in [0.5, 0.6) is 0 Å². The van der Waals surface area contributed by atoms with Crippen molar-refractivity contribution in [2.45, 2.75) is 64.0 Å². The van der Waals surface area contributed by atoms with Crippen molar-refractivity contribution in [2.24, 2.45) is 0 Å². The van der Waals surface area contributed by atoms with Crippen LogP contribution < -0.4 is 0 Å². The van der Waals surface area contributed by atoms with E-state index in [-0.39, 0.29) is 17.2 Å². The highest BCUT2D eigenvalue weighted by Crippen LogP contribution is 2.36. The lowest BCUT2D eigenvalue weighted by Gasteiger charge is -2.36. The Morgan fingerprint density at radius 3 is 2.50 bits per heavy atom. The molecule has 1 saturated heterocycles. The van der Waals surface area contributed by atoms with Crippen LogP contribution in [0.3, 0.4) is 0 Å². The summed E-state index contributed by atoms with van der Waals surface area (Å²) in [6.45, 7) is 12.8. The number of hydrogen-bond acceptors (Lipinski definition) is 3. The van der Waals surface area contributed by atoms with Gasteiger partial charge in [0, 0.05) is 6.61 Å². The summed E-state index contributed by atoms with van der Waals surface area (Å²) in [4.78, 5) is 0. The molecule has 0 aliphatic carbocycles. The predicted octanol–water partition coefficient (Wildman–Crippen LogP) is 3.10. The molecule has 1 rings (SSSR count). The van der Waals surface area contributed by atoms with Gasteiger partial charge < -0.3 is 14.3 Å².